The maximum absolute atomic E-state index is 14.0. The Morgan fingerprint density at radius 2 is 1.12 bits per heavy atom. The first kappa shape index (κ1) is 61.6. The van der Waals surface area contributed by atoms with Gasteiger partial charge in [0.2, 0.25) is 53.2 Å². The van der Waals surface area contributed by atoms with Crippen LogP contribution in [0, 0.1) is 5.92 Å². The van der Waals surface area contributed by atoms with Crippen LogP contribution < -0.4 is 64.6 Å². The second-order valence-corrected chi connectivity index (χ2v) is 17.7. The molecule has 1 aliphatic rings. The average Bonchev–Trinajstić information content (AvgIpc) is 3.90. The lowest BCUT2D eigenvalue weighted by molar-refractivity contribution is -0.143. The van der Waals surface area contributed by atoms with Crippen molar-refractivity contribution in [2.24, 2.45) is 17.4 Å². The summed E-state index contributed by atoms with van der Waals surface area (Å²) in [7, 11) is 0. The Morgan fingerprint density at radius 1 is 0.625 bits per heavy atom. The van der Waals surface area contributed by atoms with Gasteiger partial charge in [-0.3, -0.25) is 43.2 Å². The number of unbranched alkanes of at least 4 members (excludes halogenated alkanes) is 2. The summed E-state index contributed by atoms with van der Waals surface area (Å²) in [6.07, 6.45) is 3.21. The second kappa shape index (κ2) is 32.5. The number of benzene rings is 1. The highest BCUT2D eigenvalue weighted by atomic mass is 16.4. The molecule has 0 aliphatic carbocycles. The van der Waals surface area contributed by atoms with Gasteiger partial charge < -0.3 is 85.1 Å². The van der Waals surface area contributed by atoms with Crippen molar-refractivity contribution < 1.29 is 68.4 Å². The highest BCUT2D eigenvalue weighted by molar-refractivity contribution is 5.98. The predicted octanol–water partition coefficient (Wildman–Crippen LogP) is -4.91. The van der Waals surface area contributed by atoms with Crippen molar-refractivity contribution >= 4 is 59.1 Å². The standard InChI is InChI=1S/C46H76N12O14/c1-5-25(2)37(45(70)54-32(12-7-9-19-48)41(66)53-31(11-6-8-18-47)42(67)57-35(24-60)46(71)72)58-44(69)34(23-59)56-43(68)33(21-28-14-16-29(61)17-15-28)55-39(64)27(4)51-36(62)22-50-38(63)26(3)52-40(65)30-13-10-20-49-30/h14-17,25-27,30-35,37,49,59-61H,5-13,18-24,47-48H2,1-4H3,(H,50,63)(H,51,62)(H,52,65)(H,53,66)(H,54,70)(H,55,64)(H,56,68)(H,57,67)(H,58,69)(H,71,72)/t25-,26+,27+,30-,31-,32-,33-,34-,35-,37-/m0/s1. The maximum Gasteiger partial charge on any atom is 0.328 e. The Hall–Kier alpha value is -6.48. The van der Waals surface area contributed by atoms with E-state index in [1.165, 1.54) is 38.1 Å². The quantitative estimate of drug-likeness (QED) is 0.0294. The van der Waals surface area contributed by atoms with Gasteiger partial charge in [0.1, 0.15) is 54.1 Å². The van der Waals surface area contributed by atoms with E-state index < -0.39 is 133 Å². The number of carboxylic acids is 1. The largest absolute Gasteiger partial charge is 0.508 e. The van der Waals surface area contributed by atoms with Gasteiger partial charge >= 0.3 is 5.97 Å². The number of hydrogen-bond donors (Lipinski definition) is 16. The number of amides is 9. The van der Waals surface area contributed by atoms with Crippen molar-refractivity contribution in [2.75, 3.05) is 39.4 Å². The van der Waals surface area contributed by atoms with Crippen LogP contribution in [0.15, 0.2) is 24.3 Å². The topological polar surface area (TPSA) is 424 Å². The first-order chi connectivity index (χ1) is 34.2. The van der Waals surface area contributed by atoms with Crippen molar-refractivity contribution in [3.8, 4) is 5.75 Å². The predicted molar refractivity (Wildman–Crippen MR) is 260 cm³/mol. The summed E-state index contributed by atoms with van der Waals surface area (Å²) in [6, 6.07) is -5.80. The van der Waals surface area contributed by atoms with Crippen molar-refractivity contribution in [2.45, 2.75) is 146 Å². The molecule has 404 valence electrons. The molecule has 0 bridgehead atoms. The van der Waals surface area contributed by atoms with Crippen LogP contribution in [0.2, 0.25) is 0 Å². The lowest BCUT2D eigenvalue weighted by Gasteiger charge is -2.29. The maximum atomic E-state index is 14.0. The molecule has 9 amide bonds. The third-order valence-corrected chi connectivity index (χ3v) is 11.9. The van der Waals surface area contributed by atoms with Gasteiger partial charge in [0, 0.05) is 6.42 Å². The molecule has 72 heavy (non-hydrogen) atoms. The summed E-state index contributed by atoms with van der Waals surface area (Å²) < 4.78 is 0. The molecular weight excluding hydrogens is 945 g/mol. The summed E-state index contributed by atoms with van der Waals surface area (Å²) in [5.41, 5.74) is 11.7. The summed E-state index contributed by atoms with van der Waals surface area (Å²) in [5, 5.41) is 64.3. The number of phenols is 1. The van der Waals surface area contributed by atoms with Crippen LogP contribution in [0.1, 0.15) is 91.0 Å². The number of carbonyl (C=O) groups is 10. The van der Waals surface area contributed by atoms with Gasteiger partial charge in [-0.2, -0.15) is 0 Å². The third kappa shape index (κ3) is 21.5. The molecule has 1 aromatic rings. The summed E-state index contributed by atoms with van der Waals surface area (Å²) in [5.74, 6) is -9.38. The summed E-state index contributed by atoms with van der Waals surface area (Å²) in [6.45, 7) is 4.85. The lowest BCUT2D eigenvalue weighted by atomic mass is 9.97. The first-order valence-electron chi connectivity index (χ1n) is 24.2. The van der Waals surface area contributed by atoms with Gasteiger partial charge in [0.05, 0.1) is 25.8 Å². The smallest absolute Gasteiger partial charge is 0.328 e. The molecule has 1 heterocycles. The van der Waals surface area contributed by atoms with Gasteiger partial charge in [0.25, 0.3) is 0 Å². The van der Waals surface area contributed by atoms with Gasteiger partial charge in [-0.25, -0.2) is 4.79 Å². The van der Waals surface area contributed by atoms with E-state index in [4.69, 9.17) is 11.5 Å². The number of carbonyl (C=O) groups excluding carboxylic acids is 9. The average molecular weight is 1020 g/mol. The van der Waals surface area contributed by atoms with Gasteiger partial charge in [-0.05, 0) is 108 Å². The number of phenolic OH excluding ortho intramolecular Hbond substituents is 1. The molecule has 26 nitrogen and oxygen atoms in total. The third-order valence-electron chi connectivity index (χ3n) is 11.9. The molecule has 0 aromatic heterocycles. The molecule has 10 atom stereocenters. The highest BCUT2D eigenvalue weighted by Crippen LogP contribution is 2.14. The fraction of sp³-hybridized carbons (Fsp3) is 0.652. The number of carboxylic acid groups (broad SMARTS) is 1. The Balaban J connectivity index is 2.24. The molecule has 0 radical (unpaired) electrons. The first-order valence-corrected chi connectivity index (χ1v) is 24.2. The van der Waals surface area contributed by atoms with Crippen LogP contribution >= 0.6 is 0 Å². The minimum absolute atomic E-state index is 0.0303. The Bertz CT molecular complexity index is 1970. The highest BCUT2D eigenvalue weighted by Gasteiger charge is 2.35. The zero-order valence-electron chi connectivity index (χ0n) is 41.4. The molecule has 1 aliphatic heterocycles. The van der Waals surface area contributed by atoms with Gasteiger partial charge in [0.15, 0.2) is 0 Å². The van der Waals surface area contributed by atoms with Crippen LogP contribution in [-0.4, -0.2) is 173 Å². The number of nitrogens with two attached hydrogens (primary N) is 2. The van der Waals surface area contributed by atoms with Crippen LogP contribution in [0.25, 0.3) is 0 Å². The van der Waals surface area contributed by atoms with Crippen molar-refractivity contribution in [1.29, 1.82) is 0 Å². The van der Waals surface area contributed by atoms with E-state index >= 15 is 0 Å². The van der Waals surface area contributed by atoms with Gasteiger partial charge in [-0.15, -0.1) is 0 Å². The Kier molecular flexibility index (Phi) is 27.8. The zero-order chi connectivity index (χ0) is 53.9. The van der Waals surface area contributed by atoms with Crippen LogP contribution in [-0.2, 0) is 54.4 Å². The van der Waals surface area contributed by atoms with Crippen LogP contribution in [0.3, 0.4) is 0 Å². The molecule has 26 heteroatoms. The van der Waals surface area contributed by atoms with E-state index in [2.05, 4.69) is 53.2 Å². The van der Waals surface area contributed by atoms with Crippen molar-refractivity contribution in [1.82, 2.24) is 53.2 Å². The lowest BCUT2D eigenvalue weighted by Crippen LogP contribution is -2.61. The fourth-order valence-corrected chi connectivity index (χ4v) is 7.28. The summed E-state index contributed by atoms with van der Waals surface area (Å²) in [4.78, 5) is 131. The number of aliphatic hydroxyl groups is 2. The number of nitrogens with one attached hydrogen (secondary N) is 10. The minimum atomic E-state index is -1.71. The molecule has 18 N–H and O–H groups in total. The van der Waals surface area contributed by atoms with Crippen molar-refractivity contribution in [3.63, 3.8) is 0 Å². The molecule has 0 saturated carbocycles. The van der Waals surface area contributed by atoms with Crippen LogP contribution in [0.4, 0.5) is 0 Å². The normalized spacial score (nSPS) is 16.9. The van der Waals surface area contributed by atoms with E-state index in [0.717, 1.165) is 6.42 Å². The number of aliphatic hydroxyl groups excluding tert-OH is 2. The minimum Gasteiger partial charge on any atom is -0.508 e. The Morgan fingerprint density at radius 3 is 1.64 bits per heavy atom. The van der Waals surface area contributed by atoms with Gasteiger partial charge in [-0.1, -0.05) is 32.4 Å². The van der Waals surface area contributed by atoms with E-state index in [9.17, 15) is 68.4 Å². The monoisotopic (exact) mass is 1020 g/mol. The van der Waals surface area contributed by atoms with E-state index in [1.54, 1.807) is 13.8 Å². The zero-order valence-corrected chi connectivity index (χ0v) is 41.4. The summed E-state index contributed by atoms with van der Waals surface area (Å²) >= 11 is 0. The number of aromatic hydroxyl groups is 1. The number of aliphatic carboxylic acids is 1. The molecule has 1 fully saturated rings. The molecule has 0 spiro atoms. The second-order valence-electron chi connectivity index (χ2n) is 17.7. The molecule has 1 aromatic carbocycles. The molecular formula is C46H76N12O14. The van der Waals surface area contributed by atoms with E-state index in [-0.39, 0.29) is 44.0 Å². The van der Waals surface area contributed by atoms with E-state index in [1.807, 2.05) is 0 Å². The molecule has 2 rings (SSSR count). The SMILES string of the molecule is CC[C@H](C)[C@H](NC(=O)[C@H](CO)NC(=O)[C@H](Cc1ccc(O)cc1)NC(=O)[C@@H](C)NC(=O)CNC(=O)[C@@H](C)NC(=O)[C@@H]1CCCN1)C(=O)N[C@@H](CCCCN)C(=O)N[C@@H](CCCCN)C(=O)N[C@@H](CO)C(=O)O. The number of rotatable bonds is 33. The fourth-order valence-electron chi connectivity index (χ4n) is 7.28. The van der Waals surface area contributed by atoms with Crippen LogP contribution in [0.5, 0.6) is 5.75 Å². The molecule has 0 unspecified atom stereocenters. The molecule has 1 saturated heterocycles. The van der Waals surface area contributed by atoms with Crippen molar-refractivity contribution in [3.05, 3.63) is 29.8 Å². The number of hydrogen-bond acceptors (Lipinski definition) is 16. The van der Waals surface area contributed by atoms with E-state index in [0.29, 0.717) is 50.6 Å². The Labute approximate surface area is 418 Å².